The monoisotopic (exact) mass is 246 g/mol. The van der Waals surface area contributed by atoms with Crippen LogP contribution < -0.4 is 0 Å². The summed E-state index contributed by atoms with van der Waals surface area (Å²) in [6, 6.07) is 19.5. The summed E-state index contributed by atoms with van der Waals surface area (Å²) in [7, 11) is 0.361. The van der Waals surface area contributed by atoms with Crippen molar-refractivity contribution in [3.8, 4) is 0 Å². The molecule has 0 bridgehead atoms. The van der Waals surface area contributed by atoms with Gasteiger partial charge in [-0.05, 0) is 24.3 Å². The number of carbonyl (C=O) groups is 1. The van der Waals surface area contributed by atoms with Gasteiger partial charge in [-0.1, -0.05) is 36.4 Å². The van der Waals surface area contributed by atoms with Crippen molar-refractivity contribution in [2.24, 2.45) is 0 Å². The number of ether oxygens (including phenoxy) is 1. The fraction of sp³-hybridized carbons (Fsp3) is 0.0714. The number of thiol groups is 1. The zero-order valence-corrected chi connectivity index (χ0v) is 10.4. The molecule has 0 spiro atoms. The highest BCUT2D eigenvalue weighted by atomic mass is 32.2. The highest BCUT2D eigenvalue weighted by Gasteiger charge is 2.18. The van der Waals surface area contributed by atoms with Crippen LogP contribution in [-0.4, -0.2) is 12.4 Å². The average Bonchev–Trinajstić information content (AvgIpc) is 2.41. The molecule has 0 unspecified atom stereocenters. The van der Waals surface area contributed by atoms with E-state index in [1.165, 1.54) is 7.11 Å². The van der Waals surface area contributed by atoms with Gasteiger partial charge in [-0.2, -0.15) is 0 Å². The van der Waals surface area contributed by atoms with E-state index in [2.05, 4.69) is 0 Å². The summed E-state index contributed by atoms with van der Waals surface area (Å²) in [6.07, 6.45) is 0. The van der Waals surface area contributed by atoms with Crippen molar-refractivity contribution in [2.75, 3.05) is 7.11 Å². The Bertz CT molecular complexity index is 443. The Morgan fingerprint density at radius 3 is 1.65 bits per heavy atom. The first kappa shape index (κ1) is 11.7. The third-order valence-electron chi connectivity index (χ3n) is 2.39. The Morgan fingerprint density at radius 2 is 1.29 bits per heavy atom. The van der Waals surface area contributed by atoms with Crippen molar-refractivity contribution in [2.45, 2.75) is 9.79 Å². The minimum Gasteiger partial charge on any atom is -0.462 e. The molecule has 0 aliphatic heterocycles. The summed E-state index contributed by atoms with van der Waals surface area (Å²) in [5, 5.41) is -0.169. The molecule has 0 fully saturated rings. The topological polar surface area (TPSA) is 26.3 Å². The molecule has 0 aliphatic carbocycles. The summed E-state index contributed by atoms with van der Waals surface area (Å²) >= 11 is 0. The largest absolute Gasteiger partial charge is 0.462 e. The van der Waals surface area contributed by atoms with Gasteiger partial charge in [-0.25, -0.2) is 4.79 Å². The van der Waals surface area contributed by atoms with Crippen LogP contribution >= 0.6 is 10.9 Å². The second-order valence-electron chi connectivity index (χ2n) is 3.48. The first-order chi connectivity index (χ1) is 8.33. The first-order valence-electron chi connectivity index (χ1n) is 5.31. The minimum atomic E-state index is -1.07. The van der Waals surface area contributed by atoms with Gasteiger partial charge in [0.1, 0.15) is 0 Å². The van der Waals surface area contributed by atoms with E-state index < -0.39 is 10.9 Å². The number of hydrogen-bond acceptors (Lipinski definition) is 2. The predicted molar refractivity (Wildman–Crippen MR) is 70.8 cm³/mol. The molecule has 2 nitrogen and oxygen atoms in total. The number of methoxy groups -OCH3 is 1. The molecule has 88 valence electrons. The van der Waals surface area contributed by atoms with E-state index in [0.717, 1.165) is 9.79 Å². The fourth-order valence-electron chi connectivity index (χ4n) is 1.61. The summed E-state index contributed by atoms with van der Waals surface area (Å²) in [6.45, 7) is 0. The quantitative estimate of drug-likeness (QED) is 0.643. The summed E-state index contributed by atoms with van der Waals surface area (Å²) in [4.78, 5) is 13.9. The molecule has 0 aromatic heterocycles. The third kappa shape index (κ3) is 2.68. The predicted octanol–water partition coefficient (Wildman–Crippen LogP) is 3.87. The van der Waals surface area contributed by atoms with Crippen molar-refractivity contribution >= 4 is 16.2 Å². The Hall–Kier alpha value is -1.74. The molecule has 0 saturated heterocycles. The molecule has 0 aliphatic rings. The Balaban J connectivity index is 2.43. The molecule has 0 atom stereocenters. The molecular formula is C14H14O2S. The molecule has 2 rings (SSSR count). The average molecular weight is 246 g/mol. The van der Waals surface area contributed by atoms with E-state index in [1.807, 2.05) is 60.7 Å². The van der Waals surface area contributed by atoms with E-state index in [0.29, 0.717) is 0 Å². The Kier molecular flexibility index (Phi) is 3.83. The van der Waals surface area contributed by atoms with Crippen LogP contribution in [0.3, 0.4) is 0 Å². The maximum atomic E-state index is 11.9. The van der Waals surface area contributed by atoms with Crippen molar-refractivity contribution in [3.63, 3.8) is 0 Å². The molecule has 0 radical (unpaired) electrons. The van der Waals surface area contributed by atoms with Gasteiger partial charge in [0.05, 0.1) is 7.11 Å². The first-order valence-corrected chi connectivity index (χ1v) is 6.65. The SMILES string of the molecule is COC(=O)[SH](c1ccccc1)c1ccccc1. The lowest BCUT2D eigenvalue weighted by atomic mass is 10.4. The molecule has 17 heavy (non-hydrogen) atoms. The zero-order valence-electron chi connectivity index (χ0n) is 9.54. The molecule has 2 aromatic rings. The maximum Gasteiger partial charge on any atom is 0.354 e. The third-order valence-corrected chi connectivity index (χ3v) is 4.56. The Morgan fingerprint density at radius 1 is 0.882 bits per heavy atom. The van der Waals surface area contributed by atoms with Crippen LogP contribution in [0.15, 0.2) is 70.5 Å². The van der Waals surface area contributed by atoms with Crippen LogP contribution in [0, 0.1) is 0 Å². The van der Waals surface area contributed by atoms with Crippen LogP contribution in [-0.2, 0) is 4.74 Å². The standard InChI is InChI=1S/C14H14O2S/c1-16-14(15)17(12-8-4-2-5-9-12)13-10-6-3-7-11-13/h2-11,17H,1H3. The minimum absolute atomic E-state index is 0.169. The molecule has 0 heterocycles. The molecule has 2 aromatic carbocycles. The van der Waals surface area contributed by atoms with Crippen LogP contribution in [0.5, 0.6) is 0 Å². The van der Waals surface area contributed by atoms with E-state index in [4.69, 9.17) is 4.74 Å². The van der Waals surface area contributed by atoms with E-state index >= 15 is 0 Å². The molecule has 0 saturated carbocycles. The number of carbonyl (C=O) groups excluding carboxylic acids is 1. The second-order valence-corrected chi connectivity index (χ2v) is 5.55. The number of benzene rings is 2. The number of hydrogen-bond donors (Lipinski definition) is 1. The van der Waals surface area contributed by atoms with Gasteiger partial charge >= 0.3 is 5.30 Å². The summed E-state index contributed by atoms with van der Waals surface area (Å²) in [5.41, 5.74) is 0. The van der Waals surface area contributed by atoms with Gasteiger partial charge in [0.25, 0.3) is 0 Å². The van der Waals surface area contributed by atoms with Crippen LogP contribution in [0.2, 0.25) is 0 Å². The van der Waals surface area contributed by atoms with Crippen LogP contribution in [0.4, 0.5) is 4.79 Å². The zero-order chi connectivity index (χ0) is 12.1. The smallest absolute Gasteiger partial charge is 0.354 e. The van der Waals surface area contributed by atoms with Crippen LogP contribution in [0.25, 0.3) is 0 Å². The summed E-state index contributed by atoms with van der Waals surface area (Å²) < 4.78 is 4.91. The molecule has 0 N–H and O–H groups in total. The van der Waals surface area contributed by atoms with Gasteiger partial charge in [0.2, 0.25) is 0 Å². The van der Waals surface area contributed by atoms with Crippen molar-refractivity contribution in [1.29, 1.82) is 0 Å². The lowest BCUT2D eigenvalue weighted by molar-refractivity contribution is 0.199. The highest BCUT2D eigenvalue weighted by Crippen LogP contribution is 2.45. The van der Waals surface area contributed by atoms with Gasteiger partial charge in [0, 0.05) is 9.79 Å². The molecule has 3 heteroatoms. The van der Waals surface area contributed by atoms with Gasteiger partial charge in [0.15, 0.2) is 0 Å². The normalized spacial score (nSPS) is 10.8. The van der Waals surface area contributed by atoms with Crippen molar-refractivity contribution in [3.05, 3.63) is 60.7 Å². The maximum absolute atomic E-state index is 11.9. The summed E-state index contributed by atoms with van der Waals surface area (Å²) in [5.74, 6) is 0. The number of rotatable bonds is 2. The lowest BCUT2D eigenvalue weighted by Crippen LogP contribution is -2.00. The Labute approximate surface area is 104 Å². The van der Waals surface area contributed by atoms with Gasteiger partial charge in [-0.3, -0.25) is 0 Å². The molecular weight excluding hydrogens is 232 g/mol. The van der Waals surface area contributed by atoms with Gasteiger partial charge < -0.3 is 4.74 Å². The van der Waals surface area contributed by atoms with Crippen LogP contribution in [0.1, 0.15) is 0 Å². The van der Waals surface area contributed by atoms with Crippen molar-refractivity contribution < 1.29 is 9.53 Å². The molecule has 0 amide bonds. The van der Waals surface area contributed by atoms with Gasteiger partial charge in [-0.15, -0.1) is 10.9 Å². The van der Waals surface area contributed by atoms with E-state index in [9.17, 15) is 4.79 Å². The van der Waals surface area contributed by atoms with E-state index in [1.54, 1.807) is 0 Å². The van der Waals surface area contributed by atoms with Crippen molar-refractivity contribution in [1.82, 2.24) is 0 Å². The van der Waals surface area contributed by atoms with E-state index in [-0.39, 0.29) is 5.30 Å². The lowest BCUT2D eigenvalue weighted by Gasteiger charge is -2.19. The second kappa shape index (κ2) is 5.55. The highest BCUT2D eigenvalue weighted by molar-refractivity contribution is 8.29. The fourth-order valence-corrected chi connectivity index (χ4v) is 3.45.